The van der Waals surface area contributed by atoms with Crippen LogP contribution in [0.2, 0.25) is 5.15 Å². The SMILES string of the molecule is Cc1nc(Cl)cc(N(C)CCc2ccccn2)n1. The van der Waals surface area contributed by atoms with Gasteiger partial charge in [0.2, 0.25) is 0 Å². The van der Waals surface area contributed by atoms with E-state index in [9.17, 15) is 0 Å². The van der Waals surface area contributed by atoms with Crippen molar-refractivity contribution in [2.45, 2.75) is 13.3 Å². The number of likely N-dealkylation sites (N-methyl/N-ethyl adjacent to an activating group) is 1. The van der Waals surface area contributed by atoms with Gasteiger partial charge in [-0.05, 0) is 19.1 Å². The second-order valence-corrected chi connectivity index (χ2v) is 4.48. The minimum absolute atomic E-state index is 0.474. The maximum Gasteiger partial charge on any atom is 0.134 e. The van der Waals surface area contributed by atoms with Gasteiger partial charge < -0.3 is 4.90 Å². The van der Waals surface area contributed by atoms with Crippen molar-refractivity contribution in [1.82, 2.24) is 15.0 Å². The van der Waals surface area contributed by atoms with Gasteiger partial charge in [0, 0.05) is 38.0 Å². The molecular weight excluding hydrogens is 248 g/mol. The zero-order valence-electron chi connectivity index (χ0n) is 10.5. The molecule has 0 saturated carbocycles. The smallest absolute Gasteiger partial charge is 0.134 e. The molecule has 4 nitrogen and oxygen atoms in total. The molecule has 0 aliphatic rings. The van der Waals surface area contributed by atoms with Crippen molar-refractivity contribution in [3.63, 3.8) is 0 Å². The Morgan fingerprint density at radius 3 is 2.78 bits per heavy atom. The highest BCUT2D eigenvalue weighted by Crippen LogP contribution is 2.14. The Morgan fingerprint density at radius 1 is 1.28 bits per heavy atom. The zero-order valence-corrected chi connectivity index (χ0v) is 11.2. The van der Waals surface area contributed by atoms with Crippen molar-refractivity contribution in [1.29, 1.82) is 0 Å². The van der Waals surface area contributed by atoms with Crippen LogP contribution >= 0.6 is 11.6 Å². The molecule has 0 aliphatic heterocycles. The predicted octanol–water partition coefficient (Wildman–Crippen LogP) is 2.51. The number of nitrogens with zero attached hydrogens (tertiary/aromatic N) is 4. The summed E-state index contributed by atoms with van der Waals surface area (Å²) in [5.41, 5.74) is 1.07. The highest BCUT2D eigenvalue weighted by Gasteiger charge is 2.06. The highest BCUT2D eigenvalue weighted by atomic mass is 35.5. The topological polar surface area (TPSA) is 41.9 Å². The molecule has 2 aromatic rings. The number of hydrogen-bond donors (Lipinski definition) is 0. The number of halogens is 1. The van der Waals surface area contributed by atoms with Crippen LogP contribution in [0.3, 0.4) is 0 Å². The highest BCUT2D eigenvalue weighted by molar-refractivity contribution is 6.29. The average molecular weight is 263 g/mol. The Hall–Kier alpha value is -1.68. The van der Waals surface area contributed by atoms with Gasteiger partial charge in [-0.25, -0.2) is 9.97 Å². The molecule has 0 amide bonds. The molecule has 0 radical (unpaired) electrons. The first-order chi connectivity index (χ1) is 8.65. The van der Waals surface area contributed by atoms with Gasteiger partial charge in [0.05, 0.1) is 0 Å². The Morgan fingerprint density at radius 2 is 2.11 bits per heavy atom. The van der Waals surface area contributed by atoms with Crippen LogP contribution in [0.4, 0.5) is 5.82 Å². The fourth-order valence-electron chi connectivity index (χ4n) is 1.65. The third-order valence-corrected chi connectivity index (χ3v) is 2.81. The van der Waals surface area contributed by atoms with Crippen LogP contribution in [0.25, 0.3) is 0 Å². The van der Waals surface area contributed by atoms with Gasteiger partial charge in [0.25, 0.3) is 0 Å². The van der Waals surface area contributed by atoms with Crippen molar-refractivity contribution in [3.8, 4) is 0 Å². The second kappa shape index (κ2) is 5.78. The van der Waals surface area contributed by atoms with Crippen LogP contribution in [-0.4, -0.2) is 28.5 Å². The molecule has 0 saturated heterocycles. The van der Waals surface area contributed by atoms with Crippen molar-refractivity contribution in [3.05, 3.63) is 47.1 Å². The van der Waals surface area contributed by atoms with E-state index in [0.29, 0.717) is 11.0 Å². The molecular formula is C13H15ClN4. The van der Waals surface area contributed by atoms with Crippen molar-refractivity contribution in [2.24, 2.45) is 0 Å². The molecule has 2 rings (SSSR count). The quantitative estimate of drug-likeness (QED) is 0.794. The molecule has 0 fully saturated rings. The summed E-state index contributed by atoms with van der Waals surface area (Å²) in [6.07, 6.45) is 2.68. The van der Waals surface area contributed by atoms with Gasteiger partial charge in [0.15, 0.2) is 0 Å². The van der Waals surface area contributed by atoms with Gasteiger partial charge in [0.1, 0.15) is 16.8 Å². The van der Waals surface area contributed by atoms with E-state index in [1.165, 1.54) is 0 Å². The first-order valence-corrected chi connectivity index (χ1v) is 6.15. The molecule has 0 bridgehead atoms. The summed E-state index contributed by atoms with van der Waals surface area (Å²) in [6, 6.07) is 7.70. The van der Waals surface area contributed by atoms with E-state index in [1.807, 2.05) is 32.2 Å². The van der Waals surface area contributed by atoms with Crippen LogP contribution in [-0.2, 0) is 6.42 Å². The van der Waals surface area contributed by atoms with Crippen LogP contribution in [0.5, 0.6) is 0 Å². The molecule has 0 atom stereocenters. The van der Waals surface area contributed by atoms with E-state index in [1.54, 1.807) is 12.3 Å². The van der Waals surface area contributed by atoms with Crippen LogP contribution in [0.15, 0.2) is 30.5 Å². The fourth-order valence-corrected chi connectivity index (χ4v) is 1.87. The third-order valence-electron chi connectivity index (χ3n) is 2.61. The Bertz CT molecular complexity index is 495. The number of rotatable bonds is 4. The lowest BCUT2D eigenvalue weighted by atomic mass is 10.2. The largest absolute Gasteiger partial charge is 0.359 e. The summed E-state index contributed by atoms with van der Waals surface area (Å²) in [6.45, 7) is 2.67. The van der Waals surface area contributed by atoms with E-state index in [-0.39, 0.29) is 0 Å². The summed E-state index contributed by atoms with van der Waals surface area (Å²) in [4.78, 5) is 14.8. The van der Waals surface area contributed by atoms with Crippen molar-refractivity contribution in [2.75, 3.05) is 18.5 Å². The number of hydrogen-bond acceptors (Lipinski definition) is 4. The maximum atomic E-state index is 5.92. The van der Waals surface area contributed by atoms with Gasteiger partial charge in [-0.1, -0.05) is 17.7 Å². The Kier molecular flexibility index (Phi) is 4.10. The third kappa shape index (κ3) is 3.40. The molecule has 18 heavy (non-hydrogen) atoms. The summed E-state index contributed by atoms with van der Waals surface area (Å²) < 4.78 is 0. The summed E-state index contributed by atoms with van der Waals surface area (Å²) in [5, 5.41) is 0.474. The molecule has 2 aromatic heterocycles. The van der Waals surface area contributed by atoms with Gasteiger partial charge in [-0.15, -0.1) is 0 Å². The summed E-state index contributed by atoms with van der Waals surface area (Å²) in [5.74, 6) is 1.52. The molecule has 5 heteroatoms. The number of aromatic nitrogens is 3. The van der Waals surface area contributed by atoms with Crippen LogP contribution in [0, 0.1) is 6.92 Å². The Balaban J connectivity index is 2.01. The van der Waals surface area contributed by atoms with E-state index in [4.69, 9.17) is 11.6 Å². The van der Waals surface area contributed by atoms with E-state index in [2.05, 4.69) is 19.9 Å². The summed E-state index contributed by atoms with van der Waals surface area (Å²) in [7, 11) is 1.99. The predicted molar refractivity (Wildman–Crippen MR) is 73.0 cm³/mol. The molecule has 0 N–H and O–H groups in total. The van der Waals surface area contributed by atoms with Crippen LogP contribution < -0.4 is 4.90 Å². The van der Waals surface area contributed by atoms with Gasteiger partial charge in [-0.2, -0.15) is 0 Å². The lowest BCUT2D eigenvalue weighted by molar-refractivity contribution is 0.830. The lowest BCUT2D eigenvalue weighted by Crippen LogP contribution is -2.22. The molecule has 0 unspecified atom stereocenters. The molecule has 2 heterocycles. The Labute approximate surface area is 112 Å². The summed E-state index contributed by atoms with van der Waals surface area (Å²) >= 11 is 5.92. The standard InChI is InChI=1S/C13H15ClN4/c1-10-16-12(14)9-13(17-10)18(2)8-6-11-5-3-4-7-15-11/h3-5,7,9H,6,8H2,1-2H3. The normalized spacial score (nSPS) is 10.4. The first-order valence-electron chi connectivity index (χ1n) is 5.77. The van der Waals surface area contributed by atoms with Crippen molar-refractivity contribution >= 4 is 17.4 Å². The van der Waals surface area contributed by atoms with E-state index < -0.39 is 0 Å². The van der Waals surface area contributed by atoms with E-state index >= 15 is 0 Å². The van der Waals surface area contributed by atoms with E-state index in [0.717, 1.165) is 24.5 Å². The second-order valence-electron chi connectivity index (χ2n) is 4.09. The molecule has 0 aliphatic carbocycles. The van der Waals surface area contributed by atoms with Crippen molar-refractivity contribution < 1.29 is 0 Å². The van der Waals surface area contributed by atoms with Gasteiger partial charge in [-0.3, -0.25) is 4.98 Å². The lowest BCUT2D eigenvalue weighted by Gasteiger charge is -2.18. The number of pyridine rings is 1. The van der Waals surface area contributed by atoms with Crippen LogP contribution in [0.1, 0.15) is 11.5 Å². The first kappa shape index (κ1) is 12.8. The zero-order chi connectivity index (χ0) is 13.0. The number of anilines is 1. The molecule has 0 aromatic carbocycles. The monoisotopic (exact) mass is 262 g/mol. The molecule has 94 valence electrons. The fraction of sp³-hybridized carbons (Fsp3) is 0.308. The minimum Gasteiger partial charge on any atom is -0.359 e. The molecule has 0 spiro atoms. The van der Waals surface area contributed by atoms with Gasteiger partial charge >= 0.3 is 0 Å². The minimum atomic E-state index is 0.474. The maximum absolute atomic E-state index is 5.92. The average Bonchev–Trinajstić information content (AvgIpc) is 2.36. The number of aryl methyl sites for hydroxylation is 1.